The number of carbonyl (C=O) groups is 2. The lowest BCUT2D eigenvalue weighted by molar-refractivity contribution is -0.122. The molecule has 0 aliphatic carbocycles. The standard InChI is InChI=1S/C14H20N4O2/c15-11-3-1-4-12(9-11)17-13(19)5-8-18-7-2-6-16-14(20)10-18/h1,3-4,9H,2,5-8,10,15H2,(H,16,20)(H,17,19). The van der Waals surface area contributed by atoms with Gasteiger partial charge in [0, 0.05) is 37.4 Å². The van der Waals surface area contributed by atoms with Gasteiger partial charge < -0.3 is 16.4 Å². The number of nitrogens with two attached hydrogens (primary N) is 1. The number of nitrogen functional groups attached to an aromatic ring is 1. The van der Waals surface area contributed by atoms with Crippen LogP contribution in [0.4, 0.5) is 11.4 Å². The Kier molecular flexibility index (Phi) is 4.95. The highest BCUT2D eigenvalue weighted by molar-refractivity contribution is 5.91. The Labute approximate surface area is 118 Å². The number of carbonyl (C=O) groups excluding carboxylic acids is 2. The van der Waals surface area contributed by atoms with Gasteiger partial charge in [0.2, 0.25) is 11.8 Å². The molecule has 1 aromatic rings. The molecule has 1 saturated heterocycles. The molecule has 0 bridgehead atoms. The third-order valence-electron chi connectivity index (χ3n) is 3.17. The van der Waals surface area contributed by atoms with Crippen LogP contribution < -0.4 is 16.4 Å². The number of nitrogens with one attached hydrogen (secondary N) is 2. The molecule has 6 nitrogen and oxygen atoms in total. The van der Waals surface area contributed by atoms with E-state index < -0.39 is 0 Å². The zero-order valence-corrected chi connectivity index (χ0v) is 11.4. The Morgan fingerprint density at radius 1 is 1.45 bits per heavy atom. The van der Waals surface area contributed by atoms with E-state index in [0.717, 1.165) is 13.0 Å². The van der Waals surface area contributed by atoms with Crippen molar-refractivity contribution < 1.29 is 9.59 Å². The number of hydrogen-bond acceptors (Lipinski definition) is 4. The van der Waals surface area contributed by atoms with Gasteiger partial charge in [0.25, 0.3) is 0 Å². The largest absolute Gasteiger partial charge is 0.399 e. The molecule has 1 aliphatic heterocycles. The molecule has 0 radical (unpaired) electrons. The van der Waals surface area contributed by atoms with Crippen molar-refractivity contribution in [2.24, 2.45) is 0 Å². The molecule has 0 unspecified atom stereocenters. The summed E-state index contributed by atoms with van der Waals surface area (Å²) in [5.41, 5.74) is 6.97. The Hall–Kier alpha value is -2.08. The third kappa shape index (κ3) is 4.55. The summed E-state index contributed by atoms with van der Waals surface area (Å²) in [6.45, 7) is 2.50. The monoisotopic (exact) mass is 276 g/mol. The summed E-state index contributed by atoms with van der Waals surface area (Å²) in [7, 11) is 0. The number of anilines is 2. The maximum Gasteiger partial charge on any atom is 0.234 e. The summed E-state index contributed by atoms with van der Waals surface area (Å²) in [6.07, 6.45) is 1.28. The molecule has 2 amide bonds. The van der Waals surface area contributed by atoms with Gasteiger partial charge in [-0.1, -0.05) is 6.07 Å². The second kappa shape index (κ2) is 6.91. The van der Waals surface area contributed by atoms with E-state index in [1.165, 1.54) is 0 Å². The van der Waals surface area contributed by atoms with Crippen molar-refractivity contribution in [2.45, 2.75) is 12.8 Å². The van der Waals surface area contributed by atoms with Crippen LogP contribution in [0.25, 0.3) is 0 Å². The van der Waals surface area contributed by atoms with Crippen LogP contribution in [0.2, 0.25) is 0 Å². The second-order valence-electron chi connectivity index (χ2n) is 4.90. The molecule has 4 N–H and O–H groups in total. The fourth-order valence-electron chi connectivity index (χ4n) is 2.16. The number of benzene rings is 1. The molecule has 1 fully saturated rings. The number of amides is 2. The summed E-state index contributed by atoms with van der Waals surface area (Å²) in [5.74, 6) is -0.0426. The molecule has 0 spiro atoms. The van der Waals surface area contributed by atoms with Gasteiger partial charge >= 0.3 is 0 Å². The smallest absolute Gasteiger partial charge is 0.234 e. The summed E-state index contributed by atoms with van der Waals surface area (Å²) in [5, 5.41) is 5.62. The minimum Gasteiger partial charge on any atom is -0.399 e. The SMILES string of the molecule is Nc1cccc(NC(=O)CCN2CCCNC(=O)C2)c1. The summed E-state index contributed by atoms with van der Waals surface area (Å²) in [4.78, 5) is 25.3. The molecule has 0 atom stereocenters. The fraction of sp³-hybridized carbons (Fsp3) is 0.429. The highest BCUT2D eigenvalue weighted by atomic mass is 16.2. The molecule has 108 valence electrons. The average Bonchev–Trinajstić information content (AvgIpc) is 2.61. The lowest BCUT2D eigenvalue weighted by atomic mass is 10.2. The van der Waals surface area contributed by atoms with Crippen molar-refractivity contribution in [3.8, 4) is 0 Å². The average molecular weight is 276 g/mol. The van der Waals surface area contributed by atoms with E-state index >= 15 is 0 Å². The highest BCUT2D eigenvalue weighted by Gasteiger charge is 2.15. The lowest BCUT2D eigenvalue weighted by Crippen LogP contribution is -2.34. The number of nitrogens with zero attached hydrogens (tertiary/aromatic N) is 1. The van der Waals surface area contributed by atoms with Crippen molar-refractivity contribution >= 4 is 23.2 Å². The molecule has 1 heterocycles. The van der Waals surface area contributed by atoms with Gasteiger partial charge in [0.1, 0.15) is 0 Å². The molecule has 6 heteroatoms. The molecule has 2 rings (SSSR count). The Balaban J connectivity index is 1.78. The van der Waals surface area contributed by atoms with Crippen molar-refractivity contribution in [1.29, 1.82) is 0 Å². The van der Waals surface area contributed by atoms with E-state index in [2.05, 4.69) is 10.6 Å². The predicted octanol–water partition coefficient (Wildman–Crippen LogP) is 0.419. The molecule has 0 saturated carbocycles. The predicted molar refractivity (Wildman–Crippen MR) is 78.2 cm³/mol. The first-order valence-corrected chi connectivity index (χ1v) is 6.78. The second-order valence-corrected chi connectivity index (χ2v) is 4.90. The van der Waals surface area contributed by atoms with Gasteiger partial charge in [0.15, 0.2) is 0 Å². The number of hydrogen-bond donors (Lipinski definition) is 3. The van der Waals surface area contributed by atoms with Crippen LogP contribution in [0.5, 0.6) is 0 Å². The highest BCUT2D eigenvalue weighted by Crippen LogP contribution is 2.12. The van der Waals surface area contributed by atoms with Crippen LogP contribution in [0.1, 0.15) is 12.8 Å². The van der Waals surface area contributed by atoms with Crippen molar-refractivity contribution in [3.63, 3.8) is 0 Å². The Morgan fingerprint density at radius 3 is 3.10 bits per heavy atom. The Bertz CT molecular complexity index is 490. The third-order valence-corrected chi connectivity index (χ3v) is 3.17. The summed E-state index contributed by atoms with van der Waals surface area (Å²) < 4.78 is 0. The van der Waals surface area contributed by atoms with Gasteiger partial charge in [-0.3, -0.25) is 14.5 Å². The minimum atomic E-state index is -0.0692. The van der Waals surface area contributed by atoms with Gasteiger partial charge in [0.05, 0.1) is 6.54 Å². The maximum atomic E-state index is 11.9. The topological polar surface area (TPSA) is 87.5 Å². The number of rotatable bonds is 4. The lowest BCUT2D eigenvalue weighted by Gasteiger charge is -2.17. The van der Waals surface area contributed by atoms with E-state index in [-0.39, 0.29) is 11.8 Å². The van der Waals surface area contributed by atoms with Crippen LogP contribution in [-0.2, 0) is 9.59 Å². The van der Waals surface area contributed by atoms with E-state index in [1.807, 2.05) is 4.90 Å². The van der Waals surface area contributed by atoms with Crippen LogP contribution in [-0.4, -0.2) is 42.9 Å². The normalized spacial score (nSPS) is 16.3. The first-order valence-electron chi connectivity index (χ1n) is 6.78. The molecular formula is C14H20N4O2. The van der Waals surface area contributed by atoms with Gasteiger partial charge in [-0.05, 0) is 24.6 Å². The molecular weight excluding hydrogens is 256 g/mol. The molecule has 20 heavy (non-hydrogen) atoms. The zero-order valence-electron chi connectivity index (χ0n) is 11.4. The van der Waals surface area contributed by atoms with Crippen LogP contribution >= 0.6 is 0 Å². The zero-order chi connectivity index (χ0) is 14.4. The van der Waals surface area contributed by atoms with Crippen LogP contribution in [0, 0.1) is 0 Å². The summed E-state index contributed by atoms with van der Waals surface area (Å²) >= 11 is 0. The van der Waals surface area contributed by atoms with Gasteiger partial charge in [-0.15, -0.1) is 0 Å². The van der Waals surface area contributed by atoms with Crippen molar-refractivity contribution in [3.05, 3.63) is 24.3 Å². The molecule has 0 aromatic heterocycles. The molecule has 1 aromatic carbocycles. The van der Waals surface area contributed by atoms with E-state index in [4.69, 9.17) is 5.73 Å². The minimum absolute atomic E-state index is 0.0266. The summed E-state index contributed by atoms with van der Waals surface area (Å²) in [6, 6.07) is 7.08. The van der Waals surface area contributed by atoms with Gasteiger partial charge in [-0.25, -0.2) is 0 Å². The van der Waals surface area contributed by atoms with Crippen LogP contribution in [0.3, 0.4) is 0 Å². The van der Waals surface area contributed by atoms with E-state index in [1.54, 1.807) is 24.3 Å². The Morgan fingerprint density at radius 2 is 2.30 bits per heavy atom. The van der Waals surface area contributed by atoms with E-state index in [9.17, 15) is 9.59 Å². The van der Waals surface area contributed by atoms with Crippen LogP contribution in [0.15, 0.2) is 24.3 Å². The van der Waals surface area contributed by atoms with Gasteiger partial charge in [-0.2, -0.15) is 0 Å². The first kappa shape index (κ1) is 14.3. The van der Waals surface area contributed by atoms with Crippen molar-refractivity contribution in [2.75, 3.05) is 37.2 Å². The quantitative estimate of drug-likeness (QED) is 0.696. The first-order chi connectivity index (χ1) is 9.63. The maximum absolute atomic E-state index is 11.9. The molecule has 1 aliphatic rings. The van der Waals surface area contributed by atoms with E-state index in [0.29, 0.717) is 37.4 Å². The van der Waals surface area contributed by atoms with Crippen molar-refractivity contribution in [1.82, 2.24) is 10.2 Å². The fourth-order valence-corrected chi connectivity index (χ4v) is 2.16.